The molecule has 1 aliphatic heterocycles. The maximum atomic E-state index is 12.6. The van der Waals surface area contributed by atoms with Gasteiger partial charge in [0.25, 0.3) is 5.91 Å². The minimum absolute atomic E-state index is 0.0497. The van der Waals surface area contributed by atoms with Crippen molar-refractivity contribution < 1.29 is 22.7 Å². The predicted octanol–water partition coefficient (Wildman–Crippen LogP) is 0.719. The largest absolute Gasteiger partial charge is 0.496 e. The van der Waals surface area contributed by atoms with Crippen molar-refractivity contribution in [3.8, 4) is 5.75 Å². The first kappa shape index (κ1) is 20.2. The van der Waals surface area contributed by atoms with Crippen LogP contribution in [0.5, 0.6) is 5.75 Å². The minimum Gasteiger partial charge on any atom is -0.496 e. The van der Waals surface area contributed by atoms with Crippen LogP contribution in [-0.2, 0) is 14.8 Å². The number of carbonyl (C=O) groups excluding carboxylic acids is 2. The van der Waals surface area contributed by atoms with E-state index in [4.69, 9.17) is 9.88 Å². The summed E-state index contributed by atoms with van der Waals surface area (Å²) in [5.41, 5.74) is 0.111. The summed E-state index contributed by atoms with van der Waals surface area (Å²) in [6, 6.07) is 3.81. The van der Waals surface area contributed by atoms with Crippen LogP contribution in [0.3, 0.4) is 0 Å². The molecule has 9 heteroatoms. The summed E-state index contributed by atoms with van der Waals surface area (Å²) in [5, 5.41) is 8.02. The van der Waals surface area contributed by atoms with Crippen molar-refractivity contribution in [1.29, 1.82) is 0 Å². The van der Waals surface area contributed by atoms with E-state index in [0.717, 1.165) is 0 Å². The van der Waals surface area contributed by atoms with Crippen LogP contribution in [0, 0.1) is 5.92 Å². The van der Waals surface area contributed by atoms with Crippen LogP contribution in [0.15, 0.2) is 23.1 Å². The van der Waals surface area contributed by atoms with Gasteiger partial charge in [0.2, 0.25) is 15.9 Å². The Morgan fingerprint density at radius 1 is 1.27 bits per heavy atom. The van der Waals surface area contributed by atoms with Crippen LogP contribution in [0.2, 0.25) is 0 Å². The number of hydrogen-bond acceptors (Lipinski definition) is 5. The van der Waals surface area contributed by atoms with Crippen molar-refractivity contribution in [1.82, 2.24) is 10.2 Å². The molecule has 0 bridgehead atoms. The summed E-state index contributed by atoms with van der Waals surface area (Å²) in [7, 11) is -2.52. The second kappa shape index (κ2) is 8.05. The number of ether oxygens (including phenoxy) is 1. The van der Waals surface area contributed by atoms with Crippen molar-refractivity contribution in [3.05, 3.63) is 23.8 Å². The van der Waals surface area contributed by atoms with E-state index in [0.29, 0.717) is 25.9 Å². The van der Waals surface area contributed by atoms with Gasteiger partial charge in [-0.25, -0.2) is 13.6 Å². The lowest BCUT2D eigenvalue weighted by Gasteiger charge is -2.33. The molecular formula is C17H25N3O5S. The summed E-state index contributed by atoms with van der Waals surface area (Å²) < 4.78 is 28.2. The molecule has 3 N–H and O–H groups in total. The number of nitrogens with one attached hydrogen (secondary N) is 1. The molecule has 0 unspecified atom stereocenters. The van der Waals surface area contributed by atoms with Gasteiger partial charge in [0.1, 0.15) is 5.75 Å². The van der Waals surface area contributed by atoms with Gasteiger partial charge in [-0.3, -0.25) is 9.59 Å². The van der Waals surface area contributed by atoms with E-state index < -0.39 is 15.9 Å². The standard InChI is InChI=1S/C17H25N3O5S/c1-11(2)17(22)20-8-6-12(7-9-20)19-16(21)14-10-13(26(18,23)24)4-5-15(14)25-3/h4-5,10-12H,6-9H2,1-3H3,(H,19,21)(H2,18,23,24). The molecular weight excluding hydrogens is 358 g/mol. The smallest absolute Gasteiger partial charge is 0.255 e. The van der Waals surface area contributed by atoms with Gasteiger partial charge >= 0.3 is 0 Å². The monoisotopic (exact) mass is 383 g/mol. The third-order valence-corrected chi connectivity index (χ3v) is 5.29. The maximum absolute atomic E-state index is 12.6. The highest BCUT2D eigenvalue weighted by molar-refractivity contribution is 7.89. The molecule has 1 aliphatic rings. The van der Waals surface area contributed by atoms with Gasteiger partial charge in [-0.2, -0.15) is 0 Å². The lowest BCUT2D eigenvalue weighted by molar-refractivity contribution is -0.135. The number of sulfonamides is 1. The molecule has 1 aromatic rings. The Hall–Kier alpha value is -2.13. The Morgan fingerprint density at radius 3 is 2.38 bits per heavy atom. The highest BCUT2D eigenvalue weighted by atomic mass is 32.2. The number of rotatable bonds is 5. The van der Waals surface area contributed by atoms with E-state index in [1.54, 1.807) is 4.90 Å². The molecule has 2 amide bonds. The first-order chi connectivity index (χ1) is 12.1. The maximum Gasteiger partial charge on any atom is 0.255 e. The van der Waals surface area contributed by atoms with Crippen molar-refractivity contribution >= 4 is 21.8 Å². The number of piperidine rings is 1. The first-order valence-corrected chi connectivity index (χ1v) is 9.98. The van der Waals surface area contributed by atoms with Crippen LogP contribution in [-0.4, -0.2) is 51.4 Å². The summed E-state index contributed by atoms with van der Waals surface area (Å²) in [4.78, 5) is 26.3. The van der Waals surface area contributed by atoms with E-state index >= 15 is 0 Å². The molecule has 0 radical (unpaired) electrons. The lowest BCUT2D eigenvalue weighted by atomic mass is 10.0. The second-order valence-corrected chi connectivity index (χ2v) is 8.20. The van der Waals surface area contributed by atoms with Gasteiger partial charge < -0.3 is 15.0 Å². The Labute approximate surface area is 153 Å². The zero-order valence-electron chi connectivity index (χ0n) is 15.2. The van der Waals surface area contributed by atoms with Gasteiger partial charge in [0.15, 0.2) is 0 Å². The zero-order chi connectivity index (χ0) is 19.5. The van der Waals surface area contributed by atoms with Crippen LogP contribution in [0.4, 0.5) is 0 Å². The van der Waals surface area contributed by atoms with Gasteiger partial charge in [-0.05, 0) is 31.0 Å². The fraction of sp³-hybridized carbons (Fsp3) is 0.529. The number of primary sulfonamides is 1. The summed E-state index contributed by atoms with van der Waals surface area (Å²) in [5.74, 6) is -0.105. The molecule has 1 heterocycles. The van der Waals surface area contributed by atoms with Gasteiger partial charge in [-0.1, -0.05) is 13.8 Å². The number of nitrogens with zero attached hydrogens (tertiary/aromatic N) is 1. The predicted molar refractivity (Wildman–Crippen MR) is 96.3 cm³/mol. The van der Waals surface area contributed by atoms with Crippen LogP contribution in [0.25, 0.3) is 0 Å². The number of likely N-dealkylation sites (tertiary alicyclic amines) is 1. The average molecular weight is 383 g/mol. The third-order valence-electron chi connectivity index (χ3n) is 4.38. The van der Waals surface area contributed by atoms with Gasteiger partial charge in [-0.15, -0.1) is 0 Å². The lowest BCUT2D eigenvalue weighted by Crippen LogP contribution is -2.47. The van der Waals surface area contributed by atoms with Crippen molar-refractivity contribution in [2.24, 2.45) is 11.1 Å². The van der Waals surface area contributed by atoms with E-state index in [2.05, 4.69) is 5.32 Å². The van der Waals surface area contributed by atoms with Crippen molar-refractivity contribution in [3.63, 3.8) is 0 Å². The summed E-state index contributed by atoms with van der Waals surface area (Å²) >= 11 is 0. The van der Waals surface area contributed by atoms with Crippen molar-refractivity contribution in [2.75, 3.05) is 20.2 Å². The van der Waals surface area contributed by atoms with E-state index in [9.17, 15) is 18.0 Å². The molecule has 0 aliphatic carbocycles. The van der Waals surface area contributed by atoms with Crippen LogP contribution < -0.4 is 15.2 Å². The first-order valence-electron chi connectivity index (χ1n) is 8.44. The van der Waals surface area contributed by atoms with Crippen LogP contribution in [0.1, 0.15) is 37.0 Å². The number of carbonyl (C=O) groups is 2. The highest BCUT2D eigenvalue weighted by Gasteiger charge is 2.26. The molecule has 2 rings (SSSR count). The van der Waals surface area contributed by atoms with Gasteiger partial charge in [0.05, 0.1) is 17.6 Å². The Balaban J connectivity index is 2.08. The molecule has 0 saturated carbocycles. The Bertz CT molecular complexity index is 784. The molecule has 1 saturated heterocycles. The van der Waals surface area contributed by atoms with Crippen molar-refractivity contribution in [2.45, 2.75) is 37.6 Å². The zero-order valence-corrected chi connectivity index (χ0v) is 16.0. The molecule has 26 heavy (non-hydrogen) atoms. The molecule has 0 spiro atoms. The Kier molecular flexibility index (Phi) is 6.25. The fourth-order valence-corrected chi connectivity index (χ4v) is 3.45. The molecule has 1 aromatic carbocycles. The topological polar surface area (TPSA) is 119 Å². The highest BCUT2D eigenvalue weighted by Crippen LogP contribution is 2.23. The molecule has 1 fully saturated rings. The number of hydrogen-bond donors (Lipinski definition) is 2. The summed E-state index contributed by atoms with van der Waals surface area (Å²) in [6.07, 6.45) is 1.28. The SMILES string of the molecule is COc1ccc(S(N)(=O)=O)cc1C(=O)NC1CCN(C(=O)C(C)C)CC1. The van der Waals surface area contributed by atoms with E-state index in [1.807, 2.05) is 13.8 Å². The average Bonchev–Trinajstić information content (AvgIpc) is 2.60. The number of benzene rings is 1. The molecule has 144 valence electrons. The second-order valence-electron chi connectivity index (χ2n) is 6.63. The molecule has 0 aromatic heterocycles. The van der Waals surface area contributed by atoms with E-state index in [-0.39, 0.29) is 34.1 Å². The Morgan fingerprint density at radius 2 is 1.88 bits per heavy atom. The number of methoxy groups -OCH3 is 1. The number of nitrogens with two attached hydrogens (primary N) is 1. The quantitative estimate of drug-likeness (QED) is 0.776. The molecule has 0 atom stereocenters. The van der Waals surface area contributed by atoms with E-state index in [1.165, 1.54) is 25.3 Å². The minimum atomic E-state index is -3.92. The van der Waals surface area contributed by atoms with Crippen LogP contribution >= 0.6 is 0 Å². The number of amides is 2. The van der Waals surface area contributed by atoms with Gasteiger partial charge in [0, 0.05) is 25.0 Å². The normalized spacial score (nSPS) is 15.8. The fourth-order valence-electron chi connectivity index (χ4n) is 2.91. The third kappa shape index (κ3) is 4.73. The molecule has 8 nitrogen and oxygen atoms in total. The summed E-state index contributed by atoms with van der Waals surface area (Å²) in [6.45, 7) is 4.88.